The van der Waals surface area contributed by atoms with E-state index in [1.54, 1.807) is 30.7 Å². The summed E-state index contributed by atoms with van der Waals surface area (Å²) < 4.78 is 5.18. The topological polar surface area (TPSA) is 92.4 Å². The number of thioether (sulfide) groups is 1. The molecule has 6 nitrogen and oxygen atoms in total. The minimum absolute atomic E-state index is 0.0276. The van der Waals surface area contributed by atoms with Crippen LogP contribution in [0.4, 0.5) is 0 Å². The zero-order chi connectivity index (χ0) is 17.2. The number of aromatic nitrogens is 1. The average Bonchev–Trinajstić information content (AvgIpc) is 3.11. The number of carbonyl (C=O) groups is 2. The largest absolute Gasteiger partial charge is 0.468 e. The lowest BCUT2D eigenvalue weighted by atomic mass is 10.1. The number of rotatable bonds is 10. The summed E-state index contributed by atoms with van der Waals surface area (Å²) in [5.74, 6) is 1.52. The zero-order valence-corrected chi connectivity index (χ0v) is 14.1. The van der Waals surface area contributed by atoms with E-state index >= 15 is 0 Å². The van der Waals surface area contributed by atoms with E-state index in [-0.39, 0.29) is 30.6 Å². The van der Waals surface area contributed by atoms with Crippen molar-refractivity contribution in [1.82, 2.24) is 10.3 Å². The van der Waals surface area contributed by atoms with Crippen molar-refractivity contribution in [3.05, 3.63) is 53.7 Å². The van der Waals surface area contributed by atoms with E-state index in [9.17, 15) is 9.59 Å². The lowest BCUT2D eigenvalue weighted by Crippen LogP contribution is -2.31. The van der Waals surface area contributed by atoms with Crippen LogP contribution in [0.3, 0.4) is 0 Å². The first kappa shape index (κ1) is 18.2. The van der Waals surface area contributed by atoms with Crippen molar-refractivity contribution < 1.29 is 19.1 Å². The van der Waals surface area contributed by atoms with Crippen LogP contribution in [-0.2, 0) is 28.4 Å². The Labute approximate surface area is 144 Å². The molecule has 24 heavy (non-hydrogen) atoms. The number of Topliss-reactive ketones (excluding diaryl/α,β-unsaturated/α-hetero) is 1. The molecule has 0 spiro atoms. The maximum Gasteiger partial charge on any atom is 0.230 e. The van der Waals surface area contributed by atoms with Gasteiger partial charge in [0, 0.05) is 18.3 Å². The van der Waals surface area contributed by atoms with E-state index in [1.165, 1.54) is 11.8 Å². The fourth-order valence-electron chi connectivity index (χ4n) is 2.01. The molecule has 0 saturated heterocycles. The molecule has 0 saturated carbocycles. The van der Waals surface area contributed by atoms with E-state index in [2.05, 4.69) is 10.3 Å². The minimum atomic E-state index is -0.166. The van der Waals surface area contributed by atoms with Gasteiger partial charge in [0.1, 0.15) is 5.76 Å². The van der Waals surface area contributed by atoms with Crippen LogP contribution in [0.2, 0.25) is 0 Å². The summed E-state index contributed by atoms with van der Waals surface area (Å²) in [5.41, 5.74) is 1.53. The molecule has 1 amide bonds. The smallest absolute Gasteiger partial charge is 0.230 e. The summed E-state index contributed by atoms with van der Waals surface area (Å²) in [7, 11) is 0. The zero-order valence-electron chi connectivity index (χ0n) is 13.2. The molecule has 0 aliphatic heterocycles. The molecule has 2 aromatic rings. The number of aliphatic hydroxyl groups excluding tert-OH is 1. The van der Waals surface area contributed by atoms with Crippen molar-refractivity contribution >= 4 is 23.5 Å². The number of ketones is 1. The number of furan rings is 1. The molecule has 7 heteroatoms. The Kier molecular flexibility index (Phi) is 7.51. The molecule has 2 aromatic heterocycles. The number of carbonyl (C=O) groups excluding carboxylic acids is 2. The highest BCUT2D eigenvalue weighted by molar-refractivity contribution is 7.99. The number of aryl methyl sites for hydroxylation is 1. The van der Waals surface area contributed by atoms with Gasteiger partial charge in [-0.1, -0.05) is 0 Å². The van der Waals surface area contributed by atoms with Crippen LogP contribution in [0.25, 0.3) is 0 Å². The van der Waals surface area contributed by atoms with Crippen LogP contribution >= 0.6 is 11.8 Å². The van der Waals surface area contributed by atoms with Crippen LogP contribution in [0.15, 0.2) is 41.1 Å². The molecule has 0 bridgehead atoms. The lowest BCUT2D eigenvalue weighted by molar-refractivity contribution is -0.123. The van der Waals surface area contributed by atoms with E-state index < -0.39 is 0 Å². The molecule has 0 atom stereocenters. The molecule has 0 fully saturated rings. The first-order chi connectivity index (χ1) is 11.7. The number of hydrogen-bond donors (Lipinski definition) is 2. The van der Waals surface area contributed by atoms with Gasteiger partial charge < -0.3 is 14.8 Å². The fourth-order valence-corrected chi connectivity index (χ4v) is 2.76. The summed E-state index contributed by atoms with van der Waals surface area (Å²) in [6, 6.07) is 7.16. The van der Waals surface area contributed by atoms with Crippen LogP contribution in [-0.4, -0.2) is 34.1 Å². The standard InChI is InChI=1S/C17H20N2O4S/c20-10-13-5-6-18-14(8-13)3-4-15(21)9-19-17(22)12-24-11-16-2-1-7-23-16/h1-2,5-8,20H,3-4,9-12H2,(H,19,22). The summed E-state index contributed by atoms with van der Waals surface area (Å²) in [6.07, 6.45) is 4.01. The van der Waals surface area contributed by atoms with Gasteiger partial charge in [0.05, 0.1) is 30.9 Å². The van der Waals surface area contributed by atoms with Gasteiger partial charge in [0.2, 0.25) is 5.91 Å². The van der Waals surface area contributed by atoms with Gasteiger partial charge in [-0.2, -0.15) is 0 Å². The molecule has 0 unspecified atom stereocenters. The third kappa shape index (κ3) is 6.55. The van der Waals surface area contributed by atoms with Crippen molar-refractivity contribution in [3.63, 3.8) is 0 Å². The Morgan fingerprint density at radius 3 is 2.96 bits per heavy atom. The van der Waals surface area contributed by atoms with Gasteiger partial charge in [0.15, 0.2) is 5.78 Å². The van der Waals surface area contributed by atoms with Crippen molar-refractivity contribution in [3.8, 4) is 0 Å². The maximum atomic E-state index is 11.8. The number of aliphatic hydroxyl groups is 1. The lowest BCUT2D eigenvalue weighted by Gasteiger charge is -2.05. The Balaban J connectivity index is 1.60. The normalized spacial score (nSPS) is 10.5. The van der Waals surface area contributed by atoms with Crippen molar-refractivity contribution in [2.24, 2.45) is 0 Å². The van der Waals surface area contributed by atoms with Gasteiger partial charge in [-0.15, -0.1) is 11.8 Å². The molecule has 0 aliphatic rings. The number of amides is 1. The monoisotopic (exact) mass is 348 g/mol. The molecule has 2 N–H and O–H groups in total. The first-order valence-electron chi connectivity index (χ1n) is 7.60. The number of pyridine rings is 1. The predicted octanol–water partition coefficient (Wildman–Crippen LogP) is 1.72. The highest BCUT2D eigenvalue weighted by Crippen LogP contribution is 2.11. The van der Waals surface area contributed by atoms with Crippen LogP contribution < -0.4 is 5.32 Å². The van der Waals surface area contributed by atoms with Crippen LogP contribution in [0.1, 0.15) is 23.4 Å². The summed E-state index contributed by atoms with van der Waals surface area (Å²) >= 11 is 1.43. The third-order valence-corrected chi connectivity index (χ3v) is 4.22. The fraction of sp³-hybridized carbons (Fsp3) is 0.353. The summed E-state index contributed by atoms with van der Waals surface area (Å²) in [6.45, 7) is -0.0188. The highest BCUT2D eigenvalue weighted by Gasteiger charge is 2.08. The molecule has 0 aliphatic carbocycles. The molecule has 2 rings (SSSR count). The average molecular weight is 348 g/mol. The molecule has 0 aromatic carbocycles. The van der Waals surface area contributed by atoms with Crippen molar-refractivity contribution in [1.29, 1.82) is 0 Å². The van der Waals surface area contributed by atoms with Gasteiger partial charge >= 0.3 is 0 Å². The minimum Gasteiger partial charge on any atom is -0.468 e. The van der Waals surface area contributed by atoms with E-state index in [0.29, 0.717) is 18.6 Å². The van der Waals surface area contributed by atoms with E-state index in [0.717, 1.165) is 17.0 Å². The van der Waals surface area contributed by atoms with Gasteiger partial charge in [0.25, 0.3) is 0 Å². The van der Waals surface area contributed by atoms with Gasteiger partial charge in [-0.25, -0.2) is 0 Å². The van der Waals surface area contributed by atoms with Gasteiger partial charge in [-0.3, -0.25) is 14.6 Å². The maximum absolute atomic E-state index is 11.8. The van der Waals surface area contributed by atoms with Gasteiger partial charge in [-0.05, 0) is 36.2 Å². The Bertz CT molecular complexity index is 658. The van der Waals surface area contributed by atoms with Crippen molar-refractivity contribution in [2.45, 2.75) is 25.2 Å². The number of nitrogens with one attached hydrogen (secondary N) is 1. The molecular formula is C17H20N2O4S. The Hall–Kier alpha value is -2.12. The quantitative estimate of drug-likeness (QED) is 0.679. The van der Waals surface area contributed by atoms with Crippen LogP contribution in [0, 0.1) is 0 Å². The second-order valence-electron chi connectivity index (χ2n) is 5.20. The molecular weight excluding hydrogens is 328 g/mol. The SMILES string of the molecule is O=C(CCc1cc(CO)ccn1)CNC(=O)CSCc1ccco1. The van der Waals surface area contributed by atoms with E-state index in [1.807, 2.05) is 6.07 Å². The molecule has 2 heterocycles. The van der Waals surface area contributed by atoms with Crippen LogP contribution in [0.5, 0.6) is 0 Å². The predicted molar refractivity (Wildman–Crippen MR) is 91.4 cm³/mol. The second-order valence-corrected chi connectivity index (χ2v) is 6.19. The van der Waals surface area contributed by atoms with Crippen molar-refractivity contribution in [2.75, 3.05) is 12.3 Å². The number of hydrogen-bond acceptors (Lipinski definition) is 6. The third-order valence-electron chi connectivity index (χ3n) is 3.26. The summed E-state index contributed by atoms with van der Waals surface area (Å²) in [5, 5.41) is 11.7. The second kappa shape index (κ2) is 9.89. The Morgan fingerprint density at radius 1 is 1.33 bits per heavy atom. The highest BCUT2D eigenvalue weighted by atomic mass is 32.2. The first-order valence-corrected chi connectivity index (χ1v) is 8.76. The molecule has 0 radical (unpaired) electrons. The molecule has 128 valence electrons. The number of nitrogens with zero attached hydrogens (tertiary/aromatic N) is 1. The summed E-state index contributed by atoms with van der Waals surface area (Å²) in [4.78, 5) is 27.7. The van der Waals surface area contributed by atoms with E-state index in [4.69, 9.17) is 9.52 Å². The Morgan fingerprint density at radius 2 is 2.21 bits per heavy atom.